The molecular formula is C23H18ClN3O2. The van der Waals surface area contributed by atoms with E-state index < -0.39 is 0 Å². The maximum absolute atomic E-state index is 12.1. The van der Waals surface area contributed by atoms with E-state index in [9.17, 15) is 4.79 Å². The van der Waals surface area contributed by atoms with Crippen LogP contribution in [0.3, 0.4) is 0 Å². The lowest BCUT2D eigenvalue weighted by atomic mass is 10.1. The zero-order valence-electron chi connectivity index (χ0n) is 15.7. The summed E-state index contributed by atoms with van der Waals surface area (Å²) in [6.45, 7) is 1.90. The van der Waals surface area contributed by atoms with Gasteiger partial charge in [0, 0.05) is 16.8 Å². The number of ether oxygens (including phenoxy) is 1. The van der Waals surface area contributed by atoms with Crippen molar-refractivity contribution >= 4 is 17.4 Å². The normalized spacial score (nSPS) is 10.7. The first kappa shape index (κ1) is 18.9. The van der Waals surface area contributed by atoms with Crippen LogP contribution in [0, 0.1) is 6.92 Å². The first-order valence-corrected chi connectivity index (χ1v) is 9.48. The van der Waals surface area contributed by atoms with Gasteiger partial charge >= 0.3 is 0 Å². The summed E-state index contributed by atoms with van der Waals surface area (Å²) in [7, 11) is 0. The van der Waals surface area contributed by atoms with E-state index in [4.69, 9.17) is 16.3 Å². The zero-order valence-corrected chi connectivity index (χ0v) is 16.5. The molecule has 4 rings (SSSR count). The quantitative estimate of drug-likeness (QED) is 0.440. The Bertz CT molecular complexity index is 1120. The second-order valence-electron chi connectivity index (χ2n) is 6.50. The molecule has 144 valence electrons. The van der Waals surface area contributed by atoms with Crippen LogP contribution in [-0.4, -0.2) is 27.3 Å². The van der Waals surface area contributed by atoms with Crippen LogP contribution >= 0.6 is 11.6 Å². The summed E-state index contributed by atoms with van der Waals surface area (Å²) in [5, 5.41) is 0.697. The zero-order chi connectivity index (χ0) is 20.2. The number of Topliss-reactive ketones (excluding diaryl/α,β-unsaturated/α-hetero) is 1. The molecule has 0 spiro atoms. The molecule has 0 aliphatic rings. The molecule has 0 atom stereocenters. The number of benzene rings is 2. The second-order valence-corrected chi connectivity index (χ2v) is 6.94. The number of carbonyl (C=O) groups is 1. The third-order valence-corrected chi connectivity index (χ3v) is 4.72. The highest BCUT2D eigenvalue weighted by molar-refractivity contribution is 6.30. The van der Waals surface area contributed by atoms with E-state index in [0.29, 0.717) is 16.5 Å². The third kappa shape index (κ3) is 4.36. The number of ketones is 1. The minimum Gasteiger partial charge on any atom is -0.485 e. The van der Waals surface area contributed by atoms with Crippen LogP contribution in [0.4, 0.5) is 0 Å². The molecule has 29 heavy (non-hydrogen) atoms. The Labute approximate surface area is 173 Å². The molecule has 2 aromatic heterocycles. The Balaban J connectivity index is 1.46. The first-order chi connectivity index (χ1) is 14.1. The van der Waals surface area contributed by atoms with E-state index in [1.807, 2.05) is 55.5 Å². The number of aromatic nitrogens is 3. The largest absolute Gasteiger partial charge is 0.485 e. The number of aryl methyl sites for hydroxylation is 1. The molecule has 0 unspecified atom stereocenters. The van der Waals surface area contributed by atoms with Crippen molar-refractivity contribution < 1.29 is 9.53 Å². The van der Waals surface area contributed by atoms with Gasteiger partial charge in [0.15, 0.2) is 6.61 Å². The molecule has 0 bridgehead atoms. The van der Waals surface area contributed by atoms with Crippen molar-refractivity contribution in [3.8, 4) is 28.4 Å². The first-order valence-electron chi connectivity index (χ1n) is 9.10. The SMILES string of the molecule is Cc1nc(-c2ccc(OCC(=O)c3ccccn3)cc2)[nH]c1-c1ccc(Cl)cc1. The fraction of sp³-hybridized carbons (Fsp3) is 0.0870. The number of hydrogen-bond donors (Lipinski definition) is 1. The van der Waals surface area contributed by atoms with Crippen molar-refractivity contribution in [1.29, 1.82) is 0 Å². The number of halogens is 1. The molecule has 0 radical (unpaired) electrons. The number of nitrogens with zero attached hydrogens (tertiary/aromatic N) is 2. The lowest BCUT2D eigenvalue weighted by Crippen LogP contribution is -2.12. The van der Waals surface area contributed by atoms with Gasteiger partial charge < -0.3 is 9.72 Å². The molecule has 0 saturated heterocycles. The van der Waals surface area contributed by atoms with Gasteiger partial charge in [0.05, 0.1) is 11.4 Å². The number of rotatable bonds is 6. The van der Waals surface area contributed by atoms with Gasteiger partial charge in [-0.3, -0.25) is 9.78 Å². The van der Waals surface area contributed by atoms with Crippen molar-refractivity contribution in [1.82, 2.24) is 15.0 Å². The predicted octanol–water partition coefficient (Wildman–Crippen LogP) is 5.36. The number of nitrogens with one attached hydrogen (secondary N) is 1. The number of aromatic amines is 1. The molecule has 0 amide bonds. The minimum atomic E-state index is -0.163. The Hall–Kier alpha value is -3.44. The van der Waals surface area contributed by atoms with Crippen molar-refractivity contribution in [2.75, 3.05) is 6.61 Å². The topological polar surface area (TPSA) is 67.9 Å². The fourth-order valence-corrected chi connectivity index (χ4v) is 3.08. The lowest BCUT2D eigenvalue weighted by Gasteiger charge is -2.06. The van der Waals surface area contributed by atoms with Gasteiger partial charge in [-0.2, -0.15) is 0 Å². The summed E-state index contributed by atoms with van der Waals surface area (Å²) in [6, 6.07) is 20.3. The highest BCUT2D eigenvalue weighted by atomic mass is 35.5. The molecular weight excluding hydrogens is 386 g/mol. The summed E-state index contributed by atoms with van der Waals surface area (Å²) in [6.07, 6.45) is 1.59. The van der Waals surface area contributed by atoms with Crippen molar-refractivity contribution in [2.45, 2.75) is 6.92 Å². The molecule has 0 aliphatic carbocycles. The van der Waals surface area contributed by atoms with E-state index >= 15 is 0 Å². The lowest BCUT2D eigenvalue weighted by molar-refractivity contribution is 0.0916. The average Bonchev–Trinajstić information content (AvgIpc) is 3.15. The van der Waals surface area contributed by atoms with Crippen LogP contribution in [0.15, 0.2) is 72.9 Å². The maximum atomic E-state index is 12.1. The van der Waals surface area contributed by atoms with Crippen LogP contribution in [0.5, 0.6) is 5.75 Å². The van der Waals surface area contributed by atoms with Crippen molar-refractivity contribution in [3.63, 3.8) is 0 Å². The number of imidazole rings is 1. The number of pyridine rings is 1. The van der Waals surface area contributed by atoms with Gasteiger partial charge in [-0.25, -0.2) is 4.98 Å². The summed E-state index contributed by atoms with van der Waals surface area (Å²) in [5.74, 6) is 1.21. The average molecular weight is 404 g/mol. The Kier molecular flexibility index (Phi) is 5.40. The van der Waals surface area contributed by atoms with E-state index in [1.54, 1.807) is 24.4 Å². The minimum absolute atomic E-state index is 0.0586. The highest BCUT2D eigenvalue weighted by Crippen LogP contribution is 2.27. The molecule has 2 heterocycles. The van der Waals surface area contributed by atoms with Crippen LogP contribution in [0.1, 0.15) is 16.2 Å². The van der Waals surface area contributed by atoms with Crippen LogP contribution in [-0.2, 0) is 0 Å². The van der Waals surface area contributed by atoms with E-state index in [0.717, 1.165) is 28.3 Å². The second kappa shape index (κ2) is 8.29. The van der Waals surface area contributed by atoms with Crippen molar-refractivity contribution in [2.24, 2.45) is 0 Å². The maximum Gasteiger partial charge on any atom is 0.218 e. The van der Waals surface area contributed by atoms with Gasteiger partial charge in [0.25, 0.3) is 0 Å². The molecule has 4 aromatic rings. The van der Waals surface area contributed by atoms with Gasteiger partial charge in [-0.1, -0.05) is 29.8 Å². The molecule has 1 N–H and O–H groups in total. The highest BCUT2D eigenvalue weighted by Gasteiger charge is 2.11. The number of hydrogen-bond acceptors (Lipinski definition) is 4. The Morgan fingerprint density at radius 1 is 1.00 bits per heavy atom. The van der Waals surface area contributed by atoms with E-state index in [1.165, 1.54) is 0 Å². The van der Waals surface area contributed by atoms with Crippen LogP contribution < -0.4 is 4.74 Å². The monoisotopic (exact) mass is 403 g/mol. The summed E-state index contributed by atoms with van der Waals surface area (Å²) >= 11 is 5.97. The summed E-state index contributed by atoms with van der Waals surface area (Å²) < 4.78 is 5.59. The third-order valence-electron chi connectivity index (χ3n) is 4.47. The number of carbonyl (C=O) groups excluding carboxylic acids is 1. The number of H-pyrrole nitrogens is 1. The smallest absolute Gasteiger partial charge is 0.218 e. The van der Waals surface area contributed by atoms with E-state index in [2.05, 4.69) is 15.0 Å². The Morgan fingerprint density at radius 3 is 2.41 bits per heavy atom. The molecule has 0 aliphatic heterocycles. The van der Waals surface area contributed by atoms with Crippen LogP contribution in [0.2, 0.25) is 5.02 Å². The molecule has 5 nitrogen and oxygen atoms in total. The Morgan fingerprint density at radius 2 is 1.72 bits per heavy atom. The predicted molar refractivity (Wildman–Crippen MR) is 113 cm³/mol. The van der Waals surface area contributed by atoms with Gasteiger partial charge in [-0.15, -0.1) is 0 Å². The van der Waals surface area contributed by atoms with Crippen molar-refractivity contribution in [3.05, 3.63) is 89.3 Å². The summed E-state index contributed by atoms with van der Waals surface area (Å²) in [5.41, 5.74) is 4.21. The van der Waals surface area contributed by atoms with Gasteiger partial charge in [0.2, 0.25) is 5.78 Å². The van der Waals surface area contributed by atoms with Gasteiger partial charge in [0.1, 0.15) is 17.3 Å². The molecule has 0 saturated carbocycles. The summed E-state index contributed by atoms with van der Waals surface area (Å²) in [4.78, 5) is 24.1. The van der Waals surface area contributed by atoms with Gasteiger partial charge in [-0.05, 0) is 61.0 Å². The van der Waals surface area contributed by atoms with E-state index in [-0.39, 0.29) is 12.4 Å². The molecule has 0 fully saturated rings. The molecule has 6 heteroatoms. The standard InChI is InChI=1S/C23H18ClN3O2/c1-15-22(16-5-9-18(24)10-6-16)27-23(26-15)17-7-11-19(12-8-17)29-14-21(28)20-4-2-3-13-25-20/h2-13H,14H2,1H3,(H,26,27). The fourth-order valence-electron chi connectivity index (χ4n) is 2.95. The molecule has 2 aromatic carbocycles. The van der Waals surface area contributed by atoms with Crippen LogP contribution in [0.25, 0.3) is 22.6 Å².